The van der Waals surface area contributed by atoms with E-state index in [9.17, 15) is 4.79 Å². The Balaban J connectivity index is 1.63. The number of alkyl carbamates (subject to hydrolysis) is 1. The summed E-state index contributed by atoms with van der Waals surface area (Å²) in [5, 5.41) is 13.1. The summed E-state index contributed by atoms with van der Waals surface area (Å²) in [5.41, 5.74) is -0.447. The van der Waals surface area contributed by atoms with E-state index in [1.54, 1.807) is 0 Å². The number of rotatable bonds is 5. The molecule has 0 bridgehead atoms. The van der Waals surface area contributed by atoms with Crippen molar-refractivity contribution in [3.8, 4) is 0 Å². The van der Waals surface area contributed by atoms with Crippen LogP contribution in [0.25, 0.3) is 0 Å². The van der Waals surface area contributed by atoms with Crippen molar-refractivity contribution < 1.29 is 9.53 Å². The van der Waals surface area contributed by atoms with Crippen LogP contribution in [0.15, 0.2) is 6.33 Å². The SMILES string of the molecule is CC(C)(C)OC(=O)NC1CCC(NCCc2ncn[nH]2)C1. The summed E-state index contributed by atoms with van der Waals surface area (Å²) in [4.78, 5) is 15.8. The highest BCUT2D eigenvalue weighted by atomic mass is 16.6. The molecule has 1 saturated carbocycles. The lowest BCUT2D eigenvalue weighted by Gasteiger charge is -2.21. The molecule has 1 aromatic heterocycles. The van der Waals surface area contributed by atoms with Crippen LogP contribution in [0.3, 0.4) is 0 Å². The van der Waals surface area contributed by atoms with Gasteiger partial charge in [0.25, 0.3) is 0 Å². The highest BCUT2D eigenvalue weighted by molar-refractivity contribution is 5.68. The van der Waals surface area contributed by atoms with E-state index in [1.165, 1.54) is 6.33 Å². The zero-order valence-corrected chi connectivity index (χ0v) is 13.0. The number of hydrogen-bond donors (Lipinski definition) is 3. The van der Waals surface area contributed by atoms with Gasteiger partial charge in [-0.15, -0.1) is 0 Å². The minimum Gasteiger partial charge on any atom is -0.444 e. The number of nitrogens with one attached hydrogen (secondary N) is 3. The molecule has 1 amide bonds. The van der Waals surface area contributed by atoms with Gasteiger partial charge in [-0.2, -0.15) is 5.10 Å². The van der Waals surface area contributed by atoms with Crippen LogP contribution in [-0.4, -0.2) is 45.5 Å². The van der Waals surface area contributed by atoms with Gasteiger partial charge in [0.05, 0.1) is 0 Å². The van der Waals surface area contributed by atoms with E-state index in [2.05, 4.69) is 25.8 Å². The molecule has 1 fully saturated rings. The monoisotopic (exact) mass is 295 g/mol. The van der Waals surface area contributed by atoms with Gasteiger partial charge < -0.3 is 15.4 Å². The van der Waals surface area contributed by atoms with Gasteiger partial charge in [0.15, 0.2) is 0 Å². The van der Waals surface area contributed by atoms with Crippen LogP contribution in [0, 0.1) is 0 Å². The second-order valence-electron chi connectivity index (χ2n) is 6.49. The Bertz CT molecular complexity index is 441. The van der Waals surface area contributed by atoms with E-state index < -0.39 is 5.60 Å². The summed E-state index contributed by atoms with van der Waals surface area (Å²) in [5.74, 6) is 0.893. The van der Waals surface area contributed by atoms with Crippen molar-refractivity contribution >= 4 is 6.09 Å². The highest BCUT2D eigenvalue weighted by Gasteiger charge is 2.27. The van der Waals surface area contributed by atoms with Gasteiger partial charge in [0, 0.05) is 25.0 Å². The van der Waals surface area contributed by atoms with Crippen molar-refractivity contribution in [2.75, 3.05) is 6.54 Å². The molecule has 1 heterocycles. The van der Waals surface area contributed by atoms with Gasteiger partial charge >= 0.3 is 6.09 Å². The molecular formula is C14H25N5O2. The third-order valence-electron chi connectivity index (χ3n) is 3.41. The predicted molar refractivity (Wildman–Crippen MR) is 78.9 cm³/mol. The number of H-pyrrole nitrogens is 1. The molecule has 1 aromatic rings. The minimum atomic E-state index is -0.447. The molecule has 7 nitrogen and oxygen atoms in total. The van der Waals surface area contributed by atoms with E-state index >= 15 is 0 Å². The summed E-state index contributed by atoms with van der Waals surface area (Å²) >= 11 is 0. The van der Waals surface area contributed by atoms with Crippen LogP contribution in [0.4, 0.5) is 4.79 Å². The molecule has 2 atom stereocenters. The van der Waals surface area contributed by atoms with Crippen molar-refractivity contribution in [3.05, 3.63) is 12.2 Å². The highest BCUT2D eigenvalue weighted by Crippen LogP contribution is 2.19. The van der Waals surface area contributed by atoms with Gasteiger partial charge in [-0.1, -0.05) is 0 Å². The fourth-order valence-corrected chi connectivity index (χ4v) is 2.52. The number of carbonyl (C=O) groups is 1. The van der Waals surface area contributed by atoms with Crippen LogP contribution in [-0.2, 0) is 11.2 Å². The molecule has 118 valence electrons. The van der Waals surface area contributed by atoms with Crippen molar-refractivity contribution in [3.63, 3.8) is 0 Å². The Hall–Kier alpha value is -1.63. The summed E-state index contributed by atoms with van der Waals surface area (Å²) in [7, 11) is 0. The van der Waals surface area contributed by atoms with E-state index in [-0.39, 0.29) is 12.1 Å². The molecule has 0 spiro atoms. The van der Waals surface area contributed by atoms with Crippen LogP contribution < -0.4 is 10.6 Å². The molecule has 21 heavy (non-hydrogen) atoms. The van der Waals surface area contributed by atoms with Gasteiger partial charge in [-0.3, -0.25) is 5.10 Å². The fraction of sp³-hybridized carbons (Fsp3) is 0.786. The van der Waals surface area contributed by atoms with E-state index in [0.717, 1.165) is 38.1 Å². The number of nitrogens with zero attached hydrogens (tertiary/aromatic N) is 2. The van der Waals surface area contributed by atoms with Gasteiger partial charge in [0.1, 0.15) is 17.8 Å². The number of ether oxygens (including phenoxy) is 1. The first-order valence-electron chi connectivity index (χ1n) is 7.49. The molecule has 3 N–H and O–H groups in total. The first-order chi connectivity index (χ1) is 9.92. The Morgan fingerprint density at radius 2 is 2.19 bits per heavy atom. The predicted octanol–water partition coefficient (Wildman–Crippen LogP) is 1.38. The maximum atomic E-state index is 11.7. The Labute approximate surface area is 125 Å². The van der Waals surface area contributed by atoms with E-state index in [0.29, 0.717) is 6.04 Å². The number of carbonyl (C=O) groups excluding carboxylic acids is 1. The van der Waals surface area contributed by atoms with Gasteiger partial charge in [0.2, 0.25) is 0 Å². The average Bonchev–Trinajstić information content (AvgIpc) is 2.98. The molecular weight excluding hydrogens is 270 g/mol. The first kappa shape index (κ1) is 15.8. The fourth-order valence-electron chi connectivity index (χ4n) is 2.52. The maximum Gasteiger partial charge on any atom is 0.407 e. The maximum absolute atomic E-state index is 11.7. The zero-order chi connectivity index (χ0) is 15.3. The van der Waals surface area contributed by atoms with Crippen LogP contribution in [0.2, 0.25) is 0 Å². The lowest BCUT2D eigenvalue weighted by atomic mass is 10.2. The number of hydrogen-bond acceptors (Lipinski definition) is 5. The summed E-state index contributed by atoms with van der Waals surface area (Å²) in [6.45, 7) is 6.47. The average molecular weight is 295 g/mol. The van der Waals surface area contributed by atoms with E-state index in [4.69, 9.17) is 4.74 Å². The third kappa shape index (κ3) is 5.71. The summed E-state index contributed by atoms with van der Waals surface area (Å²) in [6.07, 6.45) is 5.02. The number of aromatic nitrogens is 3. The minimum absolute atomic E-state index is 0.197. The van der Waals surface area contributed by atoms with Crippen molar-refractivity contribution in [1.82, 2.24) is 25.8 Å². The normalized spacial score (nSPS) is 22.2. The second kappa shape index (κ2) is 6.89. The smallest absolute Gasteiger partial charge is 0.407 e. The molecule has 2 rings (SSSR count). The Morgan fingerprint density at radius 3 is 2.86 bits per heavy atom. The van der Waals surface area contributed by atoms with Crippen molar-refractivity contribution in [1.29, 1.82) is 0 Å². The second-order valence-corrected chi connectivity index (χ2v) is 6.49. The molecule has 1 aliphatic carbocycles. The van der Waals surface area contributed by atoms with Crippen molar-refractivity contribution in [2.24, 2.45) is 0 Å². The van der Waals surface area contributed by atoms with Gasteiger partial charge in [-0.25, -0.2) is 9.78 Å². The topological polar surface area (TPSA) is 91.9 Å². The molecule has 0 aliphatic heterocycles. The largest absolute Gasteiger partial charge is 0.444 e. The standard InChI is InChI=1S/C14H25N5O2/c1-14(2,3)21-13(20)18-11-5-4-10(8-11)15-7-6-12-16-9-17-19-12/h9-11,15H,4-8H2,1-3H3,(H,18,20)(H,16,17,19). The number of amides is 1. The Kier molecular flexibility index (Phi) is 5.17. The lowest BCUT2D eigenvalue weighted by Crippen LogP contribution is -2.39. The molecule has 0 saturated heterocycles. The Morgan fingerprint density at radius 1 is 1.43 bits per heavy atom. The lowest BCUT2D eigenvalue weighted by molar-refractivity contribution is 0.0505. The molecule has 0 aromatic carbocycles. The van der Waals surface area contributed by atoms with Crippen LogP contribution >= 0.6 is 0 Å². The summed E-state index contributed by atoms with van der Waals surface area (Å²) < 4.78 is 5.28. The van der Waals surface area contributed by atoms with Crippen LogP contribution in [0.5, 0.6) is 0 Å². The number of aromatic amines is 1. The molecule has 1 aliphatic rings. The van der Waals surface area contributed by atoms with Crippen LogP contribution in [0.1, 0.15) is 45.9 Å². The molecule has 0 radical (unpaired) electrons. The molecule has 2 unspecified atom stereocenters. The quantitative estimate of drug-likeness (QED) is 0.763. The van der Waals surface area contributed by atoms with Crippen molar-refractivity contribution in [2.45, 2.75) is 64.1 Å². The molecule has 7 heteroatoms. The third-order valence-corrected chi connectivity index (χ3v) is 3.41. The zero-order valence-electron chi connectivity index (χ0n) is 13.0. The van der Waals surface area contributed by atoms with Gasteiger partial charge in [-0.05, 0) is 40.0 Å². The van der Waals surface area contributed by atoms with E-state index in [1.807, 2.05) is 20.8 Å². The summed E-state index contributed by atoms with van der Waals surface area (Å²) in [6, 6.07) is 0.635. The first-order valence-corrected chi connectivity index (χ1v) is 7.49.